The lowest BCUT2D eigenvalue weighted by Gasteiger charge is -2.13. The molecular formula is C12H13BrN2O5. The highest BCUT2D eigenvalue weighted by molar-refractivity contribution is 9.10. The Kier molecular flexibility index (Phi) is 5.51. The van der Waals surface area contributed by atoms with Gasteiger partial charge < -0.3 is 15.2 Å². The molecule has 0 atom stereocenters. The minimum absolute atomic E-state index is 0.00289. The van der Waals surface area contributed by atoms with E-state index >= 15 is 0 Å². The second-order valence-electron chi connectivity index (χ2n) is 3.71. The summed E-state index contributed by atoms with van der Waals surface area (Å²) in [5.41, 5.74) is -0.422. The van der Waals surface area contributed by atoms with E-state index in [0.717, 1.165) is 4.47 Å². The molecule has 0 aromatic heterocycles. The van der Waals surface area contributed by atoms with Crippen LogP contribution in [0.4, 0.5) is 5.69 Å². The van der Waals surface area contributed by atoms with Crippen molar-refractivity contribution < 1.29 is 19.6 Å². The van der Waals surface area contributed by atoms with Gasteiger partial charge in [0.15, 0.2) is 0 Å². The number of halogens is 1. The van der Waals surface area contributed by atoms with Gasteiger partial charge in [0.05, 0.1) is 17.7 Å². The molecule has 20 heavy (non-hydrogen) atoms. The van der Waals surface area contributed by atoms with Crippen LogP contribution >= 0.6 is 15.9 Å². The van der Waals surface area contributed by atoms with Crippen molar-refractivity contribution in [2.45, 2.75) is 13.3 Å². The second-order valence-corrected chi connectivity index (χ2v) is 4.63. The van der Waals surface area contributed by atoms with Crippen LogP contribution in [-0.4, -0.2) is 23.1 Å². The molecule has 1 aromatic rings. The predicted octanol–water partition coefficient (Wildman–Crippen LogP) is 2.85. The number of anilines is 1. The van der Waals surface area contributed by atoms with Gasteiger partial charge in [0.1, 0.15) is 11.4 Å². The molecule has 0 aliphatic carbocycles. The van der Waals surface area contributed by atoms with E-state index in [1.165, 1.54) is 7.11 Å². The van der Waals surface area contributed by atoms with Crippen LogP contribution in [0.3, 0.4) is 0 Å². The van der Waals surface area contributed by atoms with Crippen molar-refractivity contribution in [3.05, 3.63) is 44.2 Å². The van der Waals surface area contributed by atoms with Crippen LogP contribution in [0.15, 0.2) is 34.1 Å². The van der Waals surface area contributed by atoms with E-state index in [1.807, 2.05) is 0 Å². The Hall–Kier alpha value is -2.09. The molecule has 0 unspecified atom stereocenters. The van der Waals surface area contributed by atoms with Crippen LogP contribution in [0.5, 0.6) is 5.75 Å². The number of ether oxygens (including phenoxy) is 1. The number of carbonyl (C=O) groups is 1. The van der Waals surface area contributed by atoms with Gasteiger partial charge >= 0.3 is 11.7 Å². The molecule has 108 valence electrons. The van der Waals surface area contributed by atoms with Gasteiger partial charge in [-0.15, -0.1) is 0 Å². The topological polar surface area (TPSA) is 102 Å². The molecule has 0 aliphatic rings. The molecule has 0 fully saturated rings. The van der Waals surface area contributed by atoms with Crippen molar-refractivity contribution in [1.82, 2.24) is 0 Å². The Morgan fingerprint density at radius 3 is 2.65 bits per heavy atom. The Morgan fingerprint density at radius 1 is 1.55 bits per heavy atom. The number of carboxylic acid groups (broad SMARTS) is 1. The fourth-order valence-electron chi connectivity index (χ4n) is 1.56. The standard InChI is InChI=1S/C12H13BrN2O5/c1-3-8(11(12(16)17)15(18)19)14-9-5-4-7(13)6-10(9)20-2/h4-6,14H,3H2,1-2H3,(H,16,17). The number of rotatable bonds is 6. The minimum Gasteiger partial charge on any atom is -0.495 e. The molecule has 2 N–H and O–H groups in total. The largest absolute Gasteiger partial charge is 0.495 e. The zero-order valence-electron chi connectivity index (χ0n) is 10.8. The van der Waals surface area contributed by atoms with Crippen molar-refractivity contribution in [2.75, 3.05) is 12.4 Å². The fraction of sp³-hybridized carbons (Fsp3) is 0.250. The van der Waals surface area contributed by atoms with Gasteiger partial charge in [-0.25, -0.2) is 4.79 Å². The van der Waals surface area contributed by atoms with E-state index in [-0.39, 0.29) is 12.1 Å². The zero-order chi connectivity index (χ0) is 15.3. The van der Waals surface area contributed by atoms with Gasteiger partial charge in [0, 0.05) is 4.47 Å². The number of aliphatic carboxylic acids is 1. The summed E-state index contributed by atoms with van der Waals surface area (Å²) in [6.07, 6.45) is 0.168. The molecular weight excluding hydrogens is 332 g/mol. The normalized spacial score (nSPS) is 11.6. The summed E-state index contributed by atoms with van der Waals surface area (Å²) >= 11 is 3.27. The van der Waals surface area contributed by atoms with Crippen molar-refractivity contribution >= 4 is 27.6 Å². The van der Waals surface area contributed by atoms with Gasteiger partial charge in [0.25, 0.3) is 0 Å². The molecule has 0 spiro atoms. The van der Waals surface area contributed by atoms with Gasteiger partial charge in [0.2, 0.25) is 0 Å². The Balaban J connectivity index is 3.26. The Morgan fingerprint density at radius 2 is 2.20 bits per heavy atom. The molecule has 0 bridgehead atoms. The van der Waals surface area contributed by atoms with Crippen LogP contribution in [0.2, 0.25) is 0 Å². The van der Waals surface area contributed by atoms with Gasteiger partial charge in [-0.3, -0.25) is 10.1 Å². The summed E-state index contributed by atoms with van der Waals surface area (Å²) < 4.78 is 5.91. The highest BCUT2D eigenvalue weighted by atomic mass is 79.9. The number of hydrogen-bond donors (Lipinski definition) is 2. The van der Waals surface area contributed by atoms with Crippen LogP contribution in [0, 0.1) is 10.1 Å². The van der Waals surface area contributed by atoms with Crippen LogP contribution in [-0.2, 0) is 4.79 Å². The number of nitrogens with zero attached hydrogens (tertiary/aromatic N) is 1. The molecule has 0 radical (unpaired) electrons. The van der Waals surface area contributed by atoms with Crippen LogP contribution in [0.25, 0.3) is 0 Å². The predicted molar refractivity (Wildman–Crippen MR) is 76.3 cm³/mol. The number of allylic oxidation sites excluding steroid dienone is 1. The summed E-state index contributed by atoms with van der Waals surface area (Å²) in [5, 5.41) is 22.5. The molecule has 0 aliphatic heterocycles. The Labute approximate surface area is 123 Å². The first-order valence-corrected chi connectivity index (χ1v) is 6.41. The lowest BCUT2D eigenvalue weighted by molar-refractivity contribution is -0.422. The van der Waals surface area contributed by atoms with Crippen molar-refractivity contribution in [1.29, 1.82) is 0 Å². The van der Waals surface area contributed by atoms with Crippen molar-refractivity contribution in [3.8, 4) is 5.75 Å². The number of nitrogens with one attached hydrogen (secondary N) is 1. The summed E-state index contributed by atoms with van der Waals surface area (Å²) in [7, 11) is 1.45. The maximum Gasteiger partial charge on any atom is 0.409 e. The van der Waals surface area contributed by atoms with Crippen molar-refractivity contribution in [3.63, 3.8) is 0 Å². The fourth-order valence-corrected chi connectivity index (χ4v) is 1.90. The van der Waals surface area contributed by atoms with Gasteiger partial charge in [-0.05, 0) is 24.6 Å². The maximum atomic E-state index is 11.0. The third-order valence-electron chi connectivity index (χ3n) is 2.47. The molecule has 0 amide bonds. The first-order chi connectivity index (χ1) is 9.40. The van der Waals surface area contributed by atoms with Gasteiger partial charge in [-0.2, -0.15) is 0 Å². The molecule has 0 saturated carbocycles. The van der Waals surface area contributed by atoms with Crippen LogP contribution < -0.4 is 10.1 Å². The molecule has 7 nitrogen and oxygen atoms in total. The molecule has 0 saturated heterocycles. The highest BCUT2D eigenvalue weighted by Gasteiger charge is 2.26. The summed E-state index contributed by atoms with van der Waals surface area (Å²) in [4.78, 5) is 20.9. The van der Waals surface area contributed by atoms with E-state index in [4.69, 9.17) is 9.84 Å². The third-order valence-corrected chi connectivity index (χ3v) is 2.97. The second kappa shape index (κ2) is 6.90. The number of carboxylic acids is 1. The van der Waals surface area contributed by atoms with E-state index in [1.54, 1.807) is 25.1 Å². The summed E-state index contributed by atoms with van der Waals surface area (Å²) in [5.74, 6) is -1.14. The highest BCUT2D eigenvalue weighted by Crippen LogP contribution is 2.30. The third kappa shape index (κ3) is 3.70. The first-order valence-electron chi connectivity index (χ1n) is 5.62. The lowest BCUT2D eigenvalue weighted by atomic mass is 10.2. The quantitative estimate of drug-likeness (QED) is 0.467. The smallest absolute Gasteiger partial charge is 0.409 e. The molecule has 1 rings (SSSR count). The summed E-state index contributed by atoms with van der Waals surface area (Å²) in [6, 6.07) is 5.02. The van der Waals surface area contributed by atoms with E-state index in [0.29, 0.717) is 11.4 Å². The maximum absolute atomic E-state index is 11.0. The van der Waals surface area contributed by atoms with E-state index < -0.39 is 16.6 Å². The van der Waals surface area contributed by atoms with E-state index in [2.05, 4.69) is 21.2 Å². The van der Waals surface area contributed by atoms with Gasteiger partial charge in [-0.1, -0.05) is 22.9 Å². The average molecular weight is 345 g/mol. The first kappa shape index (κ1) is 16.0. The van der Waals surface area contributed by atoms with Crippen LogP contribution in [0.1, 0.15) is 13.3 Å². The number of benzene rings is 1. The summed E-state index contributed by atoms with van der Waals surface area (Å²) in [6.45, 7) is 1.63. The van der Waals surface area contributed by atoms with E-state index in [9.17, 15) is 14.9 Å². The number of hydrogen-bond acceptors (Lipinski definition) is 5. The molecule has 0 heterocycles. The Bertz CT molecular complexity index is 555. The minimum atomic E-state index is -1.59. The monoisotopic (exact) mass is 344 g/mol. The number of nitro groups is 1. The average Bonchev–Trinajstić information content (AvgIpc) is 2.38. The zero-order valence-corrected chi connectivity index (χ0v) is 12.4. The molecule has 8 heteroatoms. The SMILES string of the molecule is CCC(Nc1ccc(Br)cc1OC)=C(C(=O)O)[N+](=O)[O-]. The molecule has 1 aromatic carbocycles. The lowest BCUT2D eigenvalue weighted by Crippen LogP contribution is -2.17. The number of methoxy groups -OCH3 is 1. The van der Waals surface area contributed by atoms with Crippen molar-refractivity contribution in [2.24, 2.45) is 0 Å².